The second-order valence-corrected chi connectivity index (χ2v) is 15.6. The smallest absolute Gasteiger partial charge is 0.0618 e. The van der Waals surface area contributed by atoms with Crippen molar-refractivity contribution in [3.63, 3.8) is 0 Å². The molecule has 1 aromatic heterocycles. The Morgan fingerprint density at radius 1 is 0.242 bits per heavy atom. The van der Waals surface area contributed by atoms with E-state index in [-0.39, 0.29) is 0 Å². The fraction of sp³-hybridized carbons (Fsp3) is 0. The van der Waals surface area contributed by atoms with Crippen LogP contribution >= 0.6 is 0 Å². The van der Waals surface area contributed by atoms with E-state index in [9.17, 15) is 0 Å². The first-order chi connectivity index (χ1) is 30.8. The van der Waals surface area contributed by atoms with Crippen molar-refractivity contribution in [3.8, 4) is 61.3 Å². The summed E-state index contributed by atoms with van der Waals surface area (Å²) in [5.74, 6) is 0. The lowest BCUT2D eigenvalue weighted by molar-refractivity contribution is 1.18. The third kappa shape index (κ3) is 6.46. The molecule has 0 saturated carbocycles. The van der Waals surface area contributed by atoms with E-state index in [4.69, 9.17) is 0 Å². The molecule has 0 fully saturated rings. The fourth-order valence-electron chi connectivity index (χ4n) is 9.32. The number of benzene rings is 10. The average Bonchev–Trinajstić information content (AvgIpc) is 3.70. The molecule has 11 aromatic rings. The van der Waals surface area contributed by atoms with Crippen molar-refractivity contribution in [2.75, 3.05) is 4.90 Å². The Bertz CT molecular complexity index is 3270. The van der Waals surface area contributed by atoms with Crippen LogP contribution in [-0.4, -0.2) is 4.57 Å². The summed E-state index contributed by atoms with van der Waals surface area (Å²) in [6.07, 6.45) is 0. The summed E-state index contributed by atoms with van der Waals surface area (Å²) in [7, 11) is 0. The Labute approximate surface area is 362 Å². The van der Waals surface area contributed by atoms with Crippen LogP contribution in [0.2, 0.25) is 0 Å². The van der Waals surface area contributed by atoms with Crippen LogP contribution in [0.25, 0.3) is 83.1 Å². The summed E-state index contributed by atoms with van der Waals surface area (Å²) < 4.78 is 2.51. The number of fused-ring (bicyclic) bond motifs is 3. The molecule has 10 aromatic carbocycles. The van der Waals surface area contributed by atoms with Crippen LogP contribution in [0.5, 0.6) is 0 Å². The molecule has 0 N–H and O–H groups in total. The van der Waals surface area contributed by atoms with Crippen molar-refractivity contribution in [1.82, 2.24) is 4.57 Å². The average molecular weight is 791 g/mol. The molecule has 0 saturated heterocycles. The van der Waals surface area contributed by atoms with E-state index in [0.29, 0.717) is 0 Å². The van der Waals surface area contributed by atoms with E-state index in [1.807, 2.05) is 0 Å². The molecule has 0 atom stereocenters. The van der Waals surface area contributed by atoms with Crippen molar-refractivity contribution in [1.29, 1.82) is 0 Å². The summed E-state index contributed by atoms with van der Waals surface area (Å²) in [4.78, 5) is 2.51. The maximum absolute atomic E-state index is 2.51. The van der Waals surface area contributed by atoms with Crippen LogP contribution in [0, 0.1) is 0 Å². The second kappa shape index (κ2) is 16.1. The zero-order valence-corrected chi connectivity index (χ0v) is 34.1. The second-order valence-electron chi connectivity index (χ2n) is 15.6. The highest BCUT2D eigenvalue weighted by molar-refractivity contribution is 6.18. The predicted molar refractivity (Wildman–Crippen MR) is 263 cm³/mol. The van der Waals surface area contributed by atoms with E-state index >= 15 is 0 Å². The highest BCUT2D eigenvalue weighted by atomic mass is 15.2. The Kier molecular flexibility index (Phi) is 9.57. The molecular weight excluding hydrogens is 749 g/mol. The monoisotopic (exact) mass is 790 g/mol. The topological polar surface area (TPSA) is 8.17 Å². The molecule has 0 aliphatic rings. The van der Waals surface area contributed by atoms with Crippen LogP contribution in [0.15, 0.2) is 255 Å². The van der Waals surface area contributed by atoms with Gasteiger partial charge in [0.25, 0.3) is 0 Å². The van der Waals surface area contributed by atoms with Crippen molar-refractivity contribution in [3.05, 3.63) is 255 Å². The number of aromatic nitrogens is 1. The molecule has 292 valence electrons. The van der Waals surface area contributed by atoms with Crippen molar-refractivity contribution >= 4 is 38.9 Å². The number of para-hydroxylation sites is 4. The fourth-order valence-corrected chi connectivity index (χ4v) is 9.32. The first-order valence-electron chi connectivity index (χ1n) is 21.3. The lowest BCUT2D eigenvalue weighted by Gasteiger charge is -2.31. The van der Waals surface area contributed by atoms with Gasteiger partial charge in [0.15, 0.2) is 0 Å². The highest BCUT2D eigenvalue weighted by Crippen LogP contribution is 2.50. The molecule has 1 heterocycles. The van der Waals surface area contributed by atoms with Crippen LogP contribution in [-0.2, 0) is 0 Å². The number of rotatable bonds is 9. The van der Waals surface area contributed by atoms with Crippen LogP contribution in [0.1, 0.15) is 0 Å². The minimum absolute atomic E-state index is 1.10. The van der Waals surface area contributed by atoms with Crippen LogP contribution < -0.4 is 4.90 Å². The molecule has 0 aliphatic heterocycles. The van der Waals surface area contributed by atoms with Crippen molar-refractivity contribution in [2.45, 2.75) is 0 Å². The van der Waals surface area contributed by atoms with Gasteiger partial charge in [-0.05, 0) is 63.7 Å². The molecule has 11 rings (SSSR count). The maximum atomic E-state index is 2.51. The molecule has 0 radical (unpaired) electrons. The summed E-state index contributed by atoms with van der Waals surface area (Å²) in [5, 5.41) is 2.36. The Morgan fingerprint density at radius 3 is 1.21 bits per heavy atom. The molecule has 0 amide bonds. The quantitative estimate of drug-likeness (QED) is 0.141. The minimum atomic E-state index is 1.10. The Balaban J connectivity index is 1.25. The van der Waals surface area contributed by atoms with Gasteiger partial charge in [-0.15, -0.1) is 0 Å². The van der Waals surface area contributed by atoms with E-state index in [1.165, 1.54) is 49.7 Å². The van der Waals surface area contributed by atoms with E-state index in [0.717, 1.165) is 50.5 Å². The zero-order valence-electron chi connectivity index (χ0n) is 34.1. The third-order valence-electron chi connectivity index (χ3n) is 12.0. The predicted octanol–water partition coefficient (Wildman–Crippen LogP) is 16.6. The van der Waals surface area contributed by atoms with Gasteiger partial charge in [0.2, 0.25) is 0 Å². The summed E-state index contributed by atoms with van der Waals surface area (Å²) >= 11 is 0. The molecule has 0 spiro atoms. The molecular formula is C60H42N2. The molecule has 2 heteroatoms. The number of hydrogen-bond donors (Lipinski definition) is 0. The lowest BCUT2D eigenvalue weighted by Crippen LogP contribution is -2.13. The van der Waals surface area contributed by atoms with Gasteiger partial charge in [0.1, 0.15) is 0 Å². The van der Waals surface area contributed by atoms with Gasteiger partial charge in [-0.25, -0.2) is 0 Å². The van der Waals surface area contributed by atoms with Gasteiger partial charge in [-0.1, -0.05) is 224 Å². The largest absolute Gasteiger partial charge is 0.309 e. The van der Waals surface area contributed by atoms with Gasteiger partial charge in [0.05, 0.1) is 33.8 Å². The Hall–Kier alpha value is -8.20. The first-order valence-corrected chi connectivity index (χ1v) is 21.3. The third-order valence-corrected chi connectivity index (χ3v) is 12.0. The number of nitrogens with zero attached hydrogens (tertiary/aromatic N) is 2. The van der Waals surface area contributed by atoms with Gasteiger partial charge < -0.3 is 9.47 Å². The SMILES string of the molecule is c1ccc(-c2ccccc2-c2ccccc2N(c2ccccc2-c2ccccc2)c2cccc3c2c2ccccc2n3-c2c(-c3ccccc3)cccc2-c2ccccc2)cc1. The standard InChI is InChI=1S/C60H42N2/c1-5-23-43(24-6-1)47-31-13-14-33-51(47)52-34-16-19-39-55(52)61(54-38-18-15-32-48(54)44-25-7-2-8-26-44)57-41-22-42-58-59(57)53-35-17-20-40-56(53)62(58)60-49(45-27-9-3-10-28-45)36-21-37-50(60)46-29-11-4-12-30-46/h1-42H. The molecule has 2 nitrogen and oxygen atoms in total. The van der Waals surface area contributed by atoms with E-state index in [1.54, 1.807) is 0 Å². The van der Waals surface area contributed by atoms with Crippen molar-refractivity contribution < 1.29 is 0 Å². The normalized spacial score (nSPS) is 11.2. The number of anilines is 3. The summed E-state index contributed by atoms with van der Waals surface area (Å²) in [6.45, 7) is 0. The molecule has 62 heavy (non-hydrogen) atoms. The van der Waals surface area contributed by atoms with Crippen LogP contribution in [0.3, 0.4) is 0 Å². The maximum Gasteiger partial charge on any atom is 0.0618 e. The summed E-state index contributed by atoms with van der Waals surface area (Å²) in [6, 6.07) is 92.2. The van der Waals surface area contributed by atoms with Gasteiger partial charge in [0, 0.05) is 33.0 Å². The molecule has 0 unspecified atom stereocenters. The van der Waals surface area contributed by atoms with E-state index in [2.05, 4.69) is 264 Å². The van der Waals surface area contributed by atoms with Gasteiger partial charge in [-0.3, -0.25) is 0 Å². The van der Waals surface area contributed by atoms with Gasteiger partial charge >= 0.3 is 0 Å². The van der Waals surface area contributed by atoms with Crippen molar-refractivity contribution in [2.24, 2.45) is 0 Å². The van der Waals surface area contributed by atoms with Crippen LogP contribution in [0.4, 0.5) is 17.1 Å². The first kappa shape index (κ1) is 36.8. The zero-order chi connectivity index (χ0) is 41.2. The minimum Gasteiger partial charge on any atom is -0.309 e. The van der Waals surface area contributed by atoms with Gasteiger partial charge in [-0.2, -0.15) is 0 Å². The summed E-state index contributed by atoms with van der Waals surface area (Å²) in [5.41, 5.74) is 18.4. The molecule has 0 aliphatic carbocycles. The Morgan fingerprint density at radius 2 is 0.613 bits per heavy atom. The molecule has 0 bridgehead atoms. The number of hydrogen-bond acceptors (Lipinski definition) is 1. The lowest BCUT2D eigenvalue weighted by atomic mass is 9.92. The van der Waals surface area contributed by atoms with E-state index < -0.39 is 0 Å². The highest BCUT2D eigenvalue weighted by Gasteiger charge is 2.27.